The van der Waals surface area contributed by atoms with Gasteiger partial charge in [0.15, 0.2) is 5.17 Å². The fraction of sp³-hybridized carbons (Fsp3) is 0.304. The van der Waals surface area contributed by atoms with Gasteiger partial charge in [-0.2, -0.15) is 0 Å². The number of hydrogen-bond acceptors (Lipinski definition) is 5. The molecule has 0 N–H and O–H groups in total. The SMILES string of the molecule is CC[C@@H](SC1=Nc2ccccc2C2=N[C@H](C)C(=O)N12)C(=O)N1CCc2ccccc21. The molecule has 5 rings (SSSR count). The fourth-order valence-corrected chi connectivity index (χ4v) is 5.21. The Labute approximate surface area is 179 Å². The van der Waals surface area contributed by atoms with Crippen LogP contribution in [0.5, 0.6) is 0 Å². The number of amidine groups is 2. The van der Waals surface area contributed by atoms with E-state index in [0.717, 1.165) is 23.4 Å². The van der Waals surface area contributed by atoms with Gasteiger partial charge < -0.3 is 4.90 Å². The lowest BCUT2D eigenvalue weighted by atomic mass is 10.1. The minimum absolute atomic E-state index is 0.0622. The van der Waals surface area contributed by atoms with Crippen LogP contribution in [0.4, 0.5) is 11.4 Å². The summed E-state index contributed by atoms with van der Waals surface area (Å²) >= 11 is 1.36. The third-order valence-corrected chi connectivity index (χ3v) is 7.01. The molecule has 0 saturated heterocycles. The normalized spacial score (nSPS) is 20.3. The number of carbonyl (C=O) groups excluding carboxylic acids is 2. The second-order valence-corrected chi connectivity index (χ2v) is 8.77. The van der Waals surface area contributed by atoms with Crippen LogP contribution >= 0.6 is 11.8 Å². The maximum Gasteiger partial charge on any atom is 0.258 e. The Morgan fingerprint density at radius 1 is 1.20 bits per heavy atom. The van der Waals surface area contributed by atoms with Crippen LogP contribution in [0.15, 0.2) is 58.5 Å². The summed E-state index contributed by atoms with van der Waals surface area (Å²) in [5.41, 5.74) is 3.83. The van der Waals surface area contributed by atoms with Crippen LogP contribution in [0, 0.1) is 0 Å². The Balaban J connectivity index is 1.47. The van der Waals surface area contributed by atoms with Crippen LogP contribution in [-0.4, -0.2) is 45.6 Å². The summed E-state index contributed by atoms with van der Waals surface area (Å²) in [6.07, 6.45) is 1.52. The van der Waals surface area contributed by atoms with Crippen molar-refractivity contribution in [3.8, 4) is 0 Å². The maximum absolute atomic E-state index is 13.4. The van der Waals surface area contributed by atoms with E-state index in [0.29, 0.717) is 24.0 Å². The van der Waals surface area contributed by atoms with E-state index < -0.39 is 6.04 Å². The van der Waals surface area contributed by atoms with E-state index in [4.69, 9.17) is 4.99 Å². The van der Waals surface area contributed by atoms with E-state index >= 15 is 0 Å². The van der Waals surface area contributed by atoms with Crippen LogP contribution in [0.25, 0.3) is 0 Å². The van der Waals surface area contributed by atoms with E-state index in [1.807, 2.05) is 54.3 Å². The maximum atomic E-state index is 13.4. The van der Waals surface area contributed by atoms with Gasteiger partial charge in [0.25, 0.3) is 5.91 Å². The zero-order chi connectivity index (χ0) is 20.8. The van der Waals surface area contributed by atoms with Gasteiger partial charge in [0.1, 0.15) is 11.9 Å². The lowest BCUT2D eigenvalue weighted by molar-refractivity contribution is -0.124. The van der Waals surface area contributed by atoms with Crippen molar-refractivity contribution in [2.75, 3.05) is 11.4 Å². The van der Waals surface area contributed by atoms with Gasteiger partial charge >= 0.3 is 0 Å². The number of amides is 2. The largest absolute Gasteiger partial charge is 0.311 e. The average molecular weight is 419 g/mol. The molecule has 2 aromatic rings. The van der Waals surface area contributed by atoms with E-state index in [-0.39, 0.29) is 17.1 Å². The minimum Gasteiger partial charge on any atom is -0.311 e. The van der Waals surface area contributed by atoms with Gasteiger partial charge in [-0.05, 0) is 43.5 Å². The molecule has 6 nitrogen and oxygen atoms in total. The van der Waals surface area contributed by atoms with Crippen molar-refractivity contribution in [3.63, 3.8) is 0 Å². The quantitative estimate of drug-likeness (QED) is 0.762. The smallest absolute Gasteiger partial charge is 0.258 e. The Hall–Kier alpha value is -2.93. The van der Waals surface area contributed by atoms with E-state index in [1.54, 1.807) is 11.8 Å². The van der Waals surface area contributed by atoms with Crippen LogP contribution in [0.2, 0.25) is 0 Å². The number of hydrogen-bond donors (Lipinski definition) is 0. The number of thioether (sulfide) groups is 1. The van der Waals surface area contributed by atoms with Crippen molar-refractivity contribution in [2.45, 2.75) is 38.0 Å². The first-order valence-electron chi connectivity index (χ1n) is 10.2. The van der Waals surface area contributed by atoms with Crippen molar-refractivity contribution in [1.82, 2.24) is 4.90 Å². The summed E-state index contributed by atoms with van der Waals surface area (Å²) in [4.78, 5) is 39.0. The number of fused-ring (bicyclic) bond motifs is 4. The molecule has 30 heavy (non-hydrogen) atoms. The third kappa shape index (κ3) is 2.96. The molecular formula is C23H22N4O2S. The Morgan fingerprint density at radius 2 is 1.97 bits per heavy atom. The Morgan fingerprint density at radius 3 is 2.80 bits per heavy atom. The van der Waals surface area contributed by atoms with Crippen LogP contribution in [0.1, 0.15) is 31.4 Å². The van der Waals surface area contributed by atoms with E-state index in [2.05, 4.69) is 11.1 Å². The molecule has 0 saturated carbocycles. The Bertz CT molecular complexity index is 1110. The lowest BCUT2D eigenvalue weighted by Gasteiger charge is -2.29. The predicted molar refractivity (Wildman–Crippen MR) is 121 cm³/mol. The second kappa shape index (κ2) is 7.40. The molecule has 3 aliphatic rings. The highest BCUT2D eigenvalue weighted by Gasteiger charge is 2.41. The van der Waals surface area contributed by atoms with Crippen molar-refractivity contribution in [2.24, 2.45) is 9.98 Å². The molecule has 0 radical (unpaired) electrons. The molecule has 152 valence electrons. The highest BCUT2D eigenvalue weighted by atomic mass is 32.2. The number of aliphatic imine (C=N–C) groups is 2. The zero-order valence-electron chi connectivity index (χ0n) is 16.9. The first-order valence-corrected chi connectivity index (χ1v) is 11.1. The summed E-state index contributed by atoms with van der Waals surface area (Å²) in [5.74, 6) is 0.598. The van der Waals surface area contributed by atoms with Crippen LogP contribution < -0.4 is 4.90 Å². The summed E-state index contributed by atoms with van der Waals surface area (Å²) in [6, 6.07) is 15.3. The molecule has 3 heterocycles. The van der Waals surface area contributed by atoms with Crippen LogP contribution in [-0.2, 0) is 16.0 Å². The van der Waals surface area contributed by atoms with Gasteiger partial charge in [-0.25, -0.2) is 9.89 Å². The van der Waals surface area contributed by atoms with Gasteiger partial charge in [-0.3, -0.25) is 14.6 Å². The first kappa shape index (κ1) is 19.1. The number of anilines is 1. The van der Waals surface area contributed by atoms with Crippen molar-refractivity contribution in [1.29, 1.82) is 0 Å². The molecular weight excluding hydrogens is 396 g/mol. The number of benzene rings is 2. The predicted octanol–water partition coefficient (Wildman–Crippen LogP) is 3.77. The minimum atomic E-state index is -0.446. The molecule has 2 atom stereocenters. The monoisotopic (exact) mass is 418 g/mol. The van der Waals surface area contributed by atoms with Crippen molar-refractivity contribution >= 4 is 46.0 Å². The van der Waals surface area contributed by atoms with Crippen LogP contribution in [0.3, 0.4) is 0 Å². The van der Waals surface area contributed by atoms with Gasteiger partial charge in [0, 0.05) is 17.8 Å². The summed E-state index contributed by atoms with van der Waals surface area (Å²) in [6.45, 7) is 4.48. The molecule has 0 aliphatic carbocycles. The standard InChI is InChI=1S/C23H22N4O2S/c1-3-19(22(29)26-13-12-15-8-4-7-11-18(15)26)30-23-25-17-10-6-5-9-16(17)20-24-14(2)21(28)27(20)23/h4-11,14,19H,3,12-13H2,1-2H3/t14-,19-/m1/s1. The topological polar surface area (TPSA) is 65.3 Å². The lowest BCUT2D eigenvalue weighted by Crippen LogP contribution is -2.43. The molecule has 0 aromatic heterocycles. The molecule has 0 unspecified atom stereocenters. The van der Waals surface area contributed by atoms with Gasteiger partial charge in [-0.15, -0.1) is 0 Å². The highest BCUT2D eigenvalue weighted by Crippen LogP contribution is 2.36. The van der Waals surface area contributed by atoms with E-state index in [1.165, 1.54) is 17.3 Å². The fourth-order valence-electron chi connectivity index (χ4n) is 4.13. The van der Waals surface area contributed by atoms with Gasteiger partial charge in [0.05, 0.1) is 10.9 Å². The van der Waals surface area contributed by atoms with Crippen molar-refractivity contribution < 1.29 is 9.59 Å². The first-order chi connectivity index (χ1) is 14.6. The summed E-state index contributed by atoms with van der Waals surface area (Å²) in [5, 5.41) is 0.208. The molecule has 0 spiro atoms. The molecule has 2 amide bonds. The van der Waals surface area contributed by atoms with Crippen molar-refractivity contribution in [3.05, 3.63) is 59.7 Å². The van der Waals surface area contributed by atoms with Gasteiger partial charge in [-0.1, -0.05) is 49.0 Å². The summed E-state index contributed by atoms with van der Waals surface area (Å²) < 4.78 is 0. The average Bonchev–Trinajstić information content (AvgIpc) is 3.33. The third-order valence-electron chi connectivity index (χ3n) is 5.70. The second-order valence-electron chi connectivity index (χ2n) is 7.60. The summed E-state index contributed by atoms with van der Waals surface area (Å²) in [7, 11) is 0. The van der Waals surface area contributed by atoms with E-state index in [9.17, 15) is 9.59 Å². The number of para-hydroxylation sites is 2. The van der Waals surface area contributed by atoms with Gasteiger partial charge in [0.2, 0.25) is 5.91 Å². The molecule has 0 fully saturated rings. The molecule has 2 aromatic carbocycles. The number of rotatable bonds is 3. The molecule has 7 heteroatoms. The molecule has 3 aliphatic heterocycles. The number of nitrogens with zero attached hydrogens (tertiary/aromatic N) is 4. The highest BCUT2D eigenvalue weighted by molar-refractivity contribution is 8.15. The molecule has 0 bridgehead atoms. The zero-order valence-corrected chi connectivity index (χ0v) is 17.7. The Kier molecular flexibility index (Phi) is 4.70. The number of carbonyl (C=O) groups is 2.